The van der Waals surface area contributed by atoms with Gasteiger partial charge in [-0.3, -0.25) is 0 Å². The maximum atomic E-state index is 9.28. The first-order valence-corrected chi connectivity index (χ1v) is 7.43. The standard InChI is InChI=1S/C14H11Br2NO2/c15-9-1-3-11-13(7-9)19-14-8-10(16)2-4-12(14)17(11)5-6-18/h1-4,7-8,18H,5-6H2. The summed E-state index contributed by atoms with van der Waals surface area (Å²) in [7, 11) is 0. The van der Waals surface area contributed by atoms with Crippen molar-refractivity contribution in [2.45, 2.75) is 0 Å². The van der Waals surface area contributed by atoms with Gasteiger partial charge in [0.15, 0.2) is 11.5 Å². The Labute approximate surface area is 128 Å². The topological polar surface area (TPSA) is 32.7 Å². The van der Waals surface area contributed by atoms with Crippen molar-refractivity contribution < 1.29 is 9.84 Å². The van der Waals surface area contributed by atoms with E-state index in [1.807, 2.05) is 36.4 Å². The molecule has 0 bridgehead atoms. The largest absolute Gasteiger partial charge is 0.453 e. The van der Waals surface area contributed by atoms with Crippen molar-refractivity contribution in [1.29, 1.82) is 0 Å². The first kappa shape index (κ1) is 13.0. The van der Waals surface area contributed by atoms with Gasteiger partial charge < -0.3 is 14.7 Å². The number of hydrogen-bond acceptors (Lipinski definition) is 3. The number of rotatable bonds is 2. The lowest BCUT2D eigenvalue weighted by molar-refractivity contribution is 0.304. The summed E-state index contributed by atoms with van der Waals surface area (Å²) in [4.78, 5) is 2.06. The van der Waals surface area contributed by atoms with Crippen LogP contribution in [0.1, 0.15) is 0 Å². The smallest absolute Gasteiger partial charge is 0.152 e. The average molecular weight is 385 g/mol. The SMILES string of the molecule is OCCN1c2ccc(Br)cc2Oc2cc(Br)ccc21. The van der Waals surface area contributed by atoms with E-state index in [9.17, 15) is 5.11 Å². The molecule has 3 nitrogen and oxygen atoms in total. The fraction of sp³-hybridized carbons (Fsp3) is 0.143. The normalized spacial score (nSPS) is 12.7. The summed E-state index contributed by atoms with van der Waals surface area (Å²) in [5.41, 5.74) is 1.93. The molecular weight excluding hydrogens is 374 g/mol. The van der Waals surface area contributed by atoms with Gasteiger partial charge >= 0.3 is 0 Å². The quantitative estimate of drug-likeness (QED) is 0.830. The molecule has 0 fully saturated rings. The van der Waals surface area contributed by atoms with Gasteiger partial charge in [0.1, 0.15) is 0 Å². The number of benzene rings is 2. The van der Waals surface area contributed by atoms with E-state index < -0.39 is 0 Å². The second-order valence-electron chi connectivity index (χ2n) is 4.20. The van der Waals surface area contributed by atoms with Crippen LogP contribution in [-0.4, -0.2) is 18.3 Å². The molecule has 0 saturated carbocycles. The summed E-state index contributed by atoms with van der Waals surface area (Å²) in [6.45, 7) is 0.623. The lowest BCUT2D eigenvalue weighted by atomic mass is 10.1. The first-order chi connectivity index (χ1) is 9.19. The second-order valence-corrected chi connectivity index (χ2v) is 6.03. The van der Waals surface area contributed by atoms with Crippen molar-refractivity contribution in [2.24, 2.45) is 0 Å². The molecule has 0 saturated heterocycles. The Kier molecular flexibility index (Phi) is 3.52. The lowest BCUT2D eigenvalue weighted by Crippen LogP contribution is -2.24. The molecule has 0 unspecified atom stereocenters. The van der Waals surface area contributed by atoms with Gasteiger partial charge in [-0.05, 0) is 36.4 Å². The Morgan fingerprint density at radius 1 is 0.947 bits per heavy atom. The number of anilines is 2. The van der Waals surface area contributed by atoms with Crippen molar-refractivity contribution in [3.8, 4) is 11.5 Å². The molecular formula is C14H11Br2NO2. The van der Waals surface area contributed by atoms with Crippen molar-refractivity contribution in [3.63, 3.8) is 0 Å². The molecule has 0 spiro atoms. The van der Waals surface area contributed by atoms with Crippen LogP contribution in [0.3, 0.4) is 0 Å². The summed E-state index contributed by atoms with van der Waals surface area (Å²) < 4.78 is 7.87. The summed E-state index contributed by atoms with van der Waals surface area (Å²) in [5, 5.41) is 9.28. The van der Waals surface area contributed by atoms with E-state index in [1.165, 1.54) is 0 Å². The first-order valence-electron chi connectivity index (χ1n) is 5.84. The number of aliphatic hydroxyl groups excluding tert-OH is 1. The van der Waals surface area contributed by atoms with Gasteiger partial charge in [-0.1, -0.05) is 31.9 Å². The third-order valence-corrected chi connectivity index (χ3v) is 3.96. The summed E-state index contributed by atoms with van der Waals surface area (Å²) in [6.07, 6.45) is 0. The summed E-state index contributed by atoms with van der Waals surface area (Å²) in [6, 6.07) is 11.8. The maximum Gasteiger partial charge on any atom is 0.152 e. The van der Waals surface area contributed by atoms with Gasteiger partial charge in [-0.25, -0.2) is 0 Å². The molecule has 0 aliphatic carbocycles. The van der Waals surface area contributed by atoms with E-state index >= 15 is 0 Å². The number of aliphatic hydroxyl groups is 1. The highest BCUT2D eigenvalue weighted by atomic mass is 79.9. The molecule has 1 aliphatic rings. The van der Waals surface area contributed by atoms with Crippen molar-refractivity contribution >= 4 is 43.2 Å². The molecule has 5 heteroatoms. The third-order valence-electron chi connectivity index (χ3n) is 2.97. The highest BCUT2D eigenvalue weighted by Gasteiger charge is 2.24. The van der Waals surface area contributed by atoms with E-state index in [0.29, 0.717) is 6.54 Å². The van der Waals surface area contributed by atoms with Crippen molar-refractivity contribution in [3.05, 3.63) is 45.3 Å². The predicted octanol–water partition coefficient (Wildman–Crippen LogP) is 4.45. The average Bonchev–Trinajstić information content (AvgIpc) is 2.37. The zero-order valence-electron chi connectivity index (χ0n) is 9.94. The van der Waals surface area contributed by atoms with Crippen LogP contribution in [0, 0.1) is 0 Å². The van der Waals surface area contributed by atoms with E-state index in [-0.39, 0.29) is 6.61 Å². The summed E-state index contributed by atoms with van der Waals surface area (Å²) >= 11 is 6.89. The third kappa shape index (κ3) is 2.38. The Morgan fingerprint density at radius 3 is 1.95 bits per heavy atom. The van der Waals surface area contributed by atoms with Crippen LogP contribution in [0.25, 0.3) is 0 Å². The molecule has 1 heterocycles. The number of nitrogens with zero attached hydrogens (tertiary/aromatic N) is 1. The zero-order chi connectivity index (χ0) is 13.4. The molecule has 19 heavy (non-hydrogen) atoms. The predicted molar refractivity (Wildman–Crippen MR) is 82.4 cm³/mol. The summed E-state index contributed by atoms with van der Waals surface area (Å²) in [5.74, 6) is 1.57. The van der Waals surface area contributed by atoms with Gasteiger partial charge in [0, 0.05) is 15.5 Å². The number of hydrogen-bond donors (Lipinski definition) is 1. The molecule has 1 aliphatic heterocycles. The maximum absolute atomic E-state index is 9.28. The lowest BCUT2D eigenvalue weighted by Gasteiger charge is -2.32. The second kappa shape index (κ2) is 5.15. The highest BCUT2D eigenvalue weighted by molar-refractivity contribution is 9.10. The number of β-amino-alcohol motifs (C(OH)–C–C–N with tert-alkyl or cyclic N) is 1. The Bertz CT molecular complexity index is 579. The van der Waals surface area contributed by atoms with Crippen LogP contribution >= 0.6 is 31.9 Å². The van der Waals surface area contributed by atoms with Crippen LogP contribution in [-0.2, 0) is 0 Å². The highest BCUT2D eigenvalue weighted by Crippen LogP contribution is 2.47. The van der Waals surface area contributed by atoms with Gasteiger partial charge in [-0.2, -0.15) is 0 Å². The minimum Gasteiger partial charge on any atom is -0.453 e. The number of halogens is 2. The molecule has 0 aromatic heterocycles. The minimum absolute atomic E-state index is 0.0883. The van der Waals surface area contributed by atoms with E-state index in [4.69, 9.17) is 4.74 Å². The molecule has 0 amide bonds. The molecule has 3 rings (SSSR count). The monoisotopic (exact) mass is 383 g/mol. The van der Waals surface area contributed by atoms with Crippen LogP contribution in [0.15, 0.2) is 45.3 Å². The van der Waals surface area contributed by atoms with Gasteiger partial charge in [0.25, 0.3) is 0 Å². The molecule has 0 atom stereocenters. The number of ether oxygens (including phenoxy) is 1. The van der Waals surface area contributed by atoms with E-state index in [1.54, 1.807) is 0 Å². The zero-order valence-corrected chi connectivity index (χ0v) is 13.1. The molecule has 0 radical (unpaired) electrons. The van der Waals surface area contributed by atoms with Crippen LogP contribution in [0.4, 0.5) is 11.4 Å². The molecule has 1 N–H and O–H groups in total. The Balaban J connectivity index is 2.14. The van der Waals surface area contributed by atoms with Crippen LogP contribution < -0.4 is 9.64 Å². The Morgan fingerprint density at radius 2 is 1.47 bits per heavy atom. The van der Waals surface area contributed by atoms with E-state index in [0.717, 1.165) is 31.8 Å². The molecule has 2 aromatic rings. The Hall–Kier alpha value is -1.04. The minimum atomic E-state index is 0.0883. The fourth-order valence-electron chi connectivity index (χ4n) is 2.17. The van der Waals surface area contributed by atoms with E-state index in [2.05, 4.69) is 36.8 Å². The van der Waals surface area contributed by atoms with Gasteiger partial charge in [0.2, 0.25) is 0 Å². The van der Waals surface area contributed by atoms with Crippen LogP contribution in [0.5, 0.6) is 11.5 Å². The van der Waals surface area contributed by atoms with Gasteiger partial charge in [0.05, 0.1) is 18.0 Å². The molecule has 2 aromatic carbocycles. The van der Waals surface area contributed by atoms with Crippen molar-refractivity contribution in [1.82, 2.24) is 0 Å². The molecule has 98 valence electrons. The number of fused-ring (bicyclic) bond motifs is 2. The van der Waals surface area contributed by atoms with Gasteiger partial charge in [-0.15, -0.1) is 0 Å². The van der Waals surface area contributed by atoms with Crippen molar-refractivity contribution in [2.75, 3.05) is 18.1 Å². The fourth-order valence-corrected chi connectivity index (χ4v) is 2.85. The van der Waals surface area contributed by atoms with Crippen LogP contribution in [0.2, 0.25) is 0 Å².